The second kappa shape index (κ2) is 7.76. The first-order valence-corrected chi connectivity index (χ1v) is 11.1. The van der Waals surface area contributed by atoms with E-state index in [0.717, 1.165) is 33.7 Å². The van der Waals surface area contributed by atoms with Gasteiger partial charge < -0.3 is 9.64 Å². The van der Waals surface area contributed by atoms with E-state index in [-0.39, 0.29) is 6.04 Å². The van der Waals surface area contributed by atoms with E-state index in [2.05, 4.69) is 17.9 Å². The molecule has 1 unspecified atom stereocenters. The number of aryl methyl sites for hydroxylation is 2. The molecule has 0 radical (unpaired) electrons. The average molecular weight is 403 g/mol. The summed E-state index contributed by atoms with van der Waals surface area (Å²) in [6.45, 7) is 11.5. The molecule has 1 heterocycles. The Labute approximate surface area is 169 Å². The van der Waals surface area contributed by atoms with Gasteiger partial charge in [0.1, 0.15) is 5.75 Å². The Hall–Kier alpha value is -2.05. The summed E-state index contributed by atoms with van der Waals surface area (Å²) in [7, 11) is -1.88. The van der Waals surface area contributed by atoms with Gasteiger partial charge in [0, 0.05) is 31.4 Å². The highest BCUT2D eigenvalue weighted by Gasteiger charge is 2.34. The van der Waals surface area contributed by atoms with E-state index in [9.17, 15) is 8.42 Å². The van der Waals surface area contributed by atoms with Crippen molar-refractivity contribution in [2.45, 2.75) is 45.6 Å². The topological polar surface area (TPSA) is 49.9 Å². The molecule has 1 atom stereocenters. The zero-order chi connectivity index (χ0) is 20.6. The lowest BCUT2D eigenvalue weighted by molar-refractivity contribution is 0.342. The Morgan fingerprint density at radius 2 is 1.54 bits per heavy atom. The van der Waals surface area contributed by atoms with Crippen LogP contribution in [-0.4, -0.2) is 45.5 Å². The monoisotopic (exact) mass is 402 g/mol. The molecular weight excluding hydrogens is 372 g/mol. The molecule has 28 heavy (non-hydrogen) atoms. The zero-order valence-electron chi connectivity index (χ0n) is 17.6. The summed E-state index contributed by atoms with van der Waals surface area (Å²) < 4.78 is 33.9. The van der Waals surface area contributed by atoms with E-state index < -0.39 is 10.0 Å². The fraction of sp³-hybridized carbons (Fsp3) is 0.455. The summed E-state index contributed by atoms with van der Waals surface area (Å²) in [5.74, 6) is 0.818. The number of methoxy groups -OCH3 is 1. The van der Waals surface area contributed by atoms with Gasteiger partial charge in [0.15, 0.2) is 0 Å². The van der Waals surface area contributed by atoms with Gasteiger partial charge in [0.2, 0.25) is 10.0 Å². The highest BCUT2D eigenvalue weighted by atomic mass is 32.2. The fourth-order valence-electron chi connectivity index (χ4n) is 4.00. The second-order valence-electron chi connectivity index (χ2n) is 7.69. The molecule has 1 aliphatic heterocycles. The van der Waals surface area contributed by atoms with Gasteiger partial charge in [0.25, 0.3) is 0 Å². The number of benzene rings is 2. The first-order valence-electron chi connectivity index (χ1n) is 9.65. The predicted molar refractivity (Wildman–Crippen MR) is 114 cm³/mol. The van der Waals surface area contributed by atoms with Crippen LogP contribution in [0.4, 0.5) is 5.69 Å². The maximum atomic E-state index is 13.5. The molecule has 0 N–H and O–H groups in total. The Bertz CT molecular complexity index is 942. The van der Waals surface area contributed by atoms with Crippen LogP contribution in [0.15, 0.2) is 35.2 Å². The van der Waals surface area contributed by atoms with Crippen LogP contribution in [0.3, 0.4) is 0 Å². The quantitative estimate of drug-likeness (QED) is 0.780. The van der Waals surface area contributed by atoms with Crippen LogP contribution < -0.4 is 9.64 Å². The molecule has 1 aliphatic rings. The highest BCUT2D eigenvalue weighted by molar-refractivity contribution is 7.89. The molecule has 0 amide bonds. The largest absolute Gasteiger partial charge is 0.497 e. The SMILES string of the molecule is COc1ccc(N2CCN(S(=O)(=O)c3c(C)c(C)cc(C)c3C)CC2C)cc1. The summed E-state index contributed by atoms with van der Waals surface area (Å²) >= 11 is 0. The van der Waals surface area contributed by atoms with Crippen molar-refractivity contribution in [1.82, 2.24) is 4.31 Å². The summed E-state index contributed by atoms with van der Waals surface area (Å²) in [5.41, 5.74) is 4.84. The lowest BCUT2D eigenvalue weighted by atomic mass is 10.0. The zero-order valence-corrected chi connectivity index (χ0v) is 18.4. The highest BCUT2D eigenvalue weighted by Crippen LogP contribution is 2.31. The summed E-state index contributed by atoms with van der Waals surface area (Å²) in [4.78, 5) is 2.74. The molecule has 1 fully saturated rings. The summed E-state index contributed by atoms with van der Waals surface area (Å²) in [6.07, 6.45) is 0. The maximum Gasteiger partial charge on any atom is 0.243 e. The van der Waals surface area contributed by atoms with Gasteiger partial charge in [-0.2, -0.15) is 4.31 Å². The first-order chi connectivity index (χ1) is 13.2. The van der Waals surface area contributed by atoms with Crippen LogP contribution in [0.1, 0.15) is 29.2 Å². The number of ether oxygens (including phenoxy) is 1. The van der Waals surface area contributed by atoms with Crippen LogP contribution in [0.25, 0.3) is 0 Å². The van der Waals surface area contributed by atoms with Crippen LogP contribution in [-0.2, 0) is 10.0 Å². The second-order valence-corrected chi connectivity index (χ2v) is 9.57. The third-order valence-electron chi connectivity index (χ3n) is 5.89. The van der Waals surface area contributed by atoms with Crippen molar-refractivity contribution in [2.75, 3.05) is 31.6 Å². The average Bonchev–Trinajstić information content (AvgIpc) is 2.66. The number of nitrogens with zero attached hydrogens (tertiary/aromatic N) is 2. The van der Waals surface area contributed by atoms with Crippen molar-refractivity contribution < 1.29 is 13.2 Å². The van der Waals surface area contributed by atoms with Crippen molar-refractivity contribution in [2.24, 2.45) is 0 Å². The Morgan fingerprint density at radius 1 is 0.964 bits per heavy atom. The van der Waals surface area contributed by atoms with E-state index >= 15 is 0 Å². The molecule has 1 saturated heterocycles. The van der Waals surface area contributed by atoms with Gasteiger partial charge in [-0.15, -0.1) is 0 Å². The van der Waals surface area contributed by atoms with Crippen LogP contribution in [0, 0.1) is 27.7 Å². The molecule has 0 aromatic heterocycles. The first kappa shape index (κ1) is 20.7. The van der Waals surface area contributed by atoms with Gasteiger partial charge in [-0.25, -0.2) is 8.42 Å². The number of anilines is 1. The minimum absolute atomic E-state index is 0.0865. The van der Waals surface area contributed by atoms with Crippen molar-refractivity contribution in [3.63, 3.8) is 0 Å². The Kier molecular flexibility index (Phi) is 5.73. The molecule has 152 valence electrons. The number of hydrogen-bond acceptors (Lipinski definition) is 4. The van der Waals surface area contributed by atoms with Gasteiger partial charge in [-0.1, -0.05) is 6.07 Å². The molecule has 0 bridgehead atoms. The Balaban J connectivity index is 1.87. The standard InChI is InChI=1S/C22H30N2O3S/c1-15-13-16(2)19(5)22(18(15)4)28(25,26)23-11-12-24(17(3)14-23)20-7-9-21(27-6)10-8-20/h7-10,13,17H,11-12,14H2,1-6H3. The van der Waals surface area contributed by atoms with E-state index in [1.165, 1.54) is 0 Å². The van der Waals surface area contributed by atoms with Crippen molar-refractivity contribution in [1.29, 1.82) is 0 Å². The van der Waals surface area contributed by atoms with Crippen molar-refractivity contribution in [3.05, 3.63) is 52.6 Å². The molecule has 5 nitrogen and oxygen atoms in total. The normalized spacial score (nSPS) is 18.4. The maximum absolute atomic E-state index is 13.5. The van der Waals surface area contributed by atoms with Crippen LogP contribution in [0.5, 0.6) is 5.75 Å². The van der Waals surface area contributed by atoms with Crippen molar-refractivity contribution >= 4 is 15.7 Å². The third kappa shape index (κ3) is 3.63. The third-order valence-corrected chi connectivity index (χ3v) is 8.03. The smallest absolute Gasteiger partial charge is 0.243 e. The molecule has 6 heteroatoms. The summed E-state index contributed by atoms with van der Waals surface area (Å²) in [5, 5.41) is 0. The van der Waals surface area contributed by atoms with Gasteiger partial charge in [0.05, 0.1) is 12.0 Å². The minimum atomic E-state index is -3.53. The molecule has 3 rings (SSSR count). The number of hydrogen-bond donors (Lipinski definition) is 0. The Morgan fingerprint density at radius 3 is 2.04 bits per heavy atom. The molecule has 0 saturated carbocycles. The minimum Gasteiger partial charge on any atom is -0.497 e. The lowest BCUT2D eigenvalue weighted by Gasteiger charge is -2.41. The molecular formula is C22H30N2O3S. The van der Waals surface area contributed by atoms with Gasteiger partial charge >= 0.3 is 0 Å². The number of sulfonamides is 1. The molecule has 2 aromatic carbocycles. The van der Waals surface area contributed by atoms with Crippen LogP contribution in [0.2, 0.25) is 0 Å². The van der Waals surface area contributed by atoms with E-state index in [0.29, 0.717) is 24.5 Å². The van der Waals surface area contributed by atoms with E-state index in [1.54, 1.807) is 11.4 Å². The van der Waals surface area contributed by atoms with Gasteiger partial charge in [-0.05, 0) is 81.1 Å². The molecule has 2 aromatic rings. The fourth-order valence-corrected chi connectivity index (χ4v) is 6.08. The van der Waals surface area contributed by atoms with E-state index in [4.69, 9.17) is 4.74 Å². The molecule has 0 aliphatic carbocycles. The number of rotatable bonds is 4. The summed E-state index contributed by atoms with van der Waals surface area (Å²) in [6, 6.07) is 10.1. The van der Waals surface area contributed by atoms with Gasteiger partial charge in [-0.3, -0.25) is 0 Å². The van der Waals surface area contributed by atoms with Crippen LogP contribution >= 0.6 is 0 Å². The lowest BCUT2D eigenvalue weighted by Crippen LogP contribution is -2.53. The van der Waals surface area contributed by atoms with Crippen molar-refractivity contribution in [3.8, 4) is 5.75 Å². The molecule has 0 spiro atoms. The van der Waals surface area contributed by atoms with E-state index in [1.807, 2.05) is 52.0 Å². The number of piperazine rings is 1. The predicted octanol–water partition coefficient (Wildman–Crippen LogP) is 3.83.